The second-order valence-electron chi connectivity index (χ2n) is 6.91. The average molecular weight is 340 g/mol. The summed E-state index contributed by atoms with van der Waals surface area (Å²) >= 11 is 0. The number of rotatable bonds is 7. The molecule has 0 bridgehead atoms. The molecule has 1 N–H and O–H groups in total. The minimum absolute atomic E-state index is 0.276. The molecule has 0 spiro atoms. The molecule has 25 heavy (non-hydrogen) atoms. The van der Waals surface area contributed by atoms with Gasteiger partial charge in [-0.15, -0.1) is 0 Å². The number of ether oxygens (including phenoxy) is 1. The highest BCUT2D eigenvalue weighted by molar-refractivity contribution is 5.46. The van der Waals surface area contributed by atoms with Gasteiger partial charge in [0.05, 0.1) is 6.10 Å². The monoisotopic (exact) mass is 340 g/mol. The van der Waals surface area contributed by atoms with E-state index in [9.17, 15) is 0 Å². The molecule has 2 aromatic rings. The van der Waals surface area contributed by atoms with Crippen molar-refractivity contribution in [2.45, 2.75) is 52.3 Å². The lowest BCUT2D eigenvalue weighted by molar-refractivity contribution is 0.120. The fourth-order valence-corrected chi connectivity index (χ4v) is 3.10. The normalized spacial score (nSPS) is 17.0. The summed E-state index contributed by atoms with van der Waals surface area (Å²) in [5.74, 6) is 1.64. The van der Waals surface area contributed by atoms with Gasteiger partial charge < -0.3 is 15.0 Å². The van der Waals surface area contributed by atoms with Crippen LogP contribution < -0.4 is 10.2 Å². The van der Waals surface area contributed by atoms with Gasteiger partial charge in [-0.1, -0.05) is 30.3 Å². The van der Waals surface area contributed by atoms with E-state index in [0.717, 1.165) is 44.0 Å². The van der Waals surface area contributed by atoms with Crippen LogP contribution in [0.3, 0.4) is 0 Å². The smallest absolute Gasteiger partial charge is 0.224 e. The molecule has 1 fully saturated rings. The molecule has 1 aromatic heterocycles. The number of nitrogens with one attached hydrogen (secondary N) is 1. The SMILES string of the molecule is Cc1cc(N(Cc2ccccc2)C(C)C)nc(NCC2CCCO2)n1. The van der Waals surface area contributed by atoms with E-state index in [2.05, 4.69) is 59.4 Å². The Hall–Kier alpha value is -2.14. The van der Waals surface area contributed by atoms with E-state index in [0.29, 0.717) is 12.0 Å². The second kappa shape index (κ2) is 8.30. The maximum Gasteiger partial charge on any atom is 0.224 e. The van der Waals surface area contributed by atoms with E-state index >= 15 is 0 Å². The highest BCUT2D eigenvalue weighted by Crippen LogP contribution is 2.21. The van der Waals surface area contributed by atoms with E-state index in [1.54, 1.807) is 0 Å². The molecule has 0 aliphatic carbocycles. The molecular formula is C20H28N4O. The third kappa shape index (κ3) is 4.92. The summed E-state index contributed by atoms with van der Waals surface area (Å²) < 4.78 is 5.67. The fraction of sp³-hybridized carbons (Fsp3) is 0.500. The standard InChI is InChI=1S/C20H28N4O/c1-15(2)24(14-17-8-5-4-6-9-17)19-12-16(3)22-20(23-19)21-13-18-10-7-11-25-18/h4-6,8-9,12,15,18H,7,10-11,13-14H2,1-3H3,(H,21,22,23). The van der Waals surface area contributed by atoms with E-state index in [-0.39, 0.29) is 6.10 Å². The maximum atomic E-state index is 5.67. The van der Waals surface area contributed by atoms with Crippen molar-refractivity contribution in [1.82, 2.24) is 9.97 Å². The van der Waals surface area contributed by atoms with Crippen LogP contribution in [0.25, 0.3) is 0 Å². The highest BCUT2D eigenvalue weighted by Gasteiger charge is 2.17. The quantitative estimate of drug-likeness (QED) is 0.831. The van der Waals surface area contributed by atoms with Crippen molar-refractivity contribution < 1.29 is 4.74 Å². The molecule has 1 aliphatic rings. The molecule has 1 aromatic carbocycles. The minimum atomic E-state index is 0.276. The third-order valence-electron chi connectivity index (χ3n) is 4.47. The van der Waals surface area contributed by atoms with Gasteiger partial charge in [-0.05, 0) is 39.2 Å². The molecule has 134 valence electrons. The minimum Gasteiger partial charge on any atom is -0.376 e. The lowest BCUT2D eigenvalue weighted by Gasteiger charge is -2.28. The first-order valence-corrected chi connectivity index (χ1v) is 9.13. The number of benzene rings is 1. The topological polar surface area (TPSA) is 50.3 Å². The predicted molar refractivity (Wildman–Crippen MR) is 102 cm³/mol. The van der Waals surface area contributed by atoms with Crippen molar-refractivity contribution in [3.8, 4) is 0 Å². The summed E-state index contributed by atoms with van der Waals surface area (Å²) in [6.07, 6.45) is 2.53. The Morgan fingerprint density at radius 1 is 1.24 bits per heavy atom. The Bertz CT molecular complexity index is 669. The molecule has 0 radical (unpaired) electrons. The second-order valence-corrected chi connectivity index (χ2v) is 6.91. The fourth-order valence-electron chi connectivity index (χ4n) is 3.10. The first kappa shape index (κ1) is 17.7. The summed E-state index contributed by atoms with van der Waals surface area (Å²) in [5, 5.41) is 3.35. The van der Waals surface area contributed by atoms with Gasteiger partial charge in [-0.2, -0.15) is 4.98 Å². The van der Waals surface area contributed by atoms with Crippen LogP contribution in [0, 0.1) is 6.92 Å². The van der Waals surface area contributed by atoms with E-state index < -0.39 is 0 Å². The van der Waals surface area contributed by atoms with Crippen LogP contribution in [0.15, 0.2) is 36.4 Å². The number of anilines is 2. The molecule has 1 saturated heterocycles. The summed E-state index contributed by atoms with van der Waals surface area (Å²) in [4.78, 5) is 11.6. The Morgan fingerprint density at radius 2 is 2.04 bits per heavy atom. The van der Waals surface area contributed by atoms with E-state index in [4.69, 9.17) is 9.72 Å². The number of aryl methyl sites for hydroxylation is 1. The van der Waals surface area contributed by atoms with Gasteiger partial charge in [-0.25, -0.2) is 4.98 Å². The van der Waals surface area contributed by atoms with E-state index in [1.165, 1.54) is 5.56 Å². The number of aromatic nitrogens is 2. The Morgan fingerprint density at radius 3 is 2.72 bits per heavy atom. The lowest BCUT2D eigenvalue weighted by atomic mass is 10.2. The molecule has 5 heteroatoms. The molecule has 1 unspecified atom stereocenters. The van der Waals surface area contributed by atoms with Crippen LogP contribution in [0.1, 0.15) is 37.9 Å². The first-order valence-electron chi connectivity index (χ1n) is 9.13. The molecule has 3 rings (SSSR count). The van der Waals surface area contributed by atoms with Crippen molar-refractivity contribution >= 4 is 11.8 Å². The van der Waals surface area contributed by atoms with Crippen molar-refractivity contribution in [2.24, 2.45) is 0 Å². The van der Waals surface area contributed by atoms with E-state index in [1.807, 2.05) is 13.0 Å². The summed E-state index contributed by atoms with van der Waals surface area (Å²) in [6, 6.07) is 12.9. The van der Waals surface area contributed by atoms with Gasteiger partial charge in [0, 0.05) is 37.5 Å². The van der Waals surface area contributed by atoms with Crippen LogP contribution in [-0.2, 0) is 11.3 Å². The molecule has 1 atom stereocenters. The van der Waals surface area contributed by atoms with Gasteiger partial charge >= 0.3 is 0 Å². The van der Waals surface area contributed by atoms with Crippen LogP contribution in [0.4, 0.5) is 11.8 Å². The Labute approximate surface area is 150 Å². The van der Waals surface area contributed by atoms with Crippen molar-refractivity contribution in [2.75, 3.05) is 23.4 Å². The van der Waals surface area contributed by atoms with Crippen molar-refractivity contribution in [3.63, 3.8) is 0 Å². The highest BCUT2D eigenvalue weighted by atomic mass is 16.5. The van der Waals surface area contributed by atoms with Gasteiger partial charge in [-0.3, -0.25) is 0 Å². The molecule has 5 nitrogen and oxygen atoms in total. The number of hydrogen-bond acceptors (Lipinski definition) is 5. The van der Waals surface area contributed by atoms with Crippen LogP contribution >= 0.6 is 0 Å². The zero-order chi connectivity index (χ0) is 17.6. The summed E-state index contributed by atoms with van der Waals surface area (Å²) in [6.45, 7) is 8.87. The average Bonchev–Trinajstić information content (AvgIpc) is 3.11. The van der Waals surface area contributed by atoms with Crippen molar-refractivity contribution in [3.05, 3.63) is 47.7 Å². The zero-order valence-corrected chi connectivity index (χ0v) is 15.4. The maximum absolute atomic E-state index is 5.67. The molecule has 2 heterocycles. The zero-order valence-electron chi connectivity index (χ0n) is 15.4. The molecule has 1 aliphatic heterocycles. The Kier molecular flexibility index (Phi) is 5.87. The number of nitrogens with zero attached hydrogens (tertiary/aromatic N) is 3. The molecule has 0 saturated carbocycles. The molecule has 0 amide bonds. The van der Waals surface area contributed by atoms with Crippen LogP contribution in [0.2, 0.25) is 0 Å². The molecular weight excluding hydrogens is 312 g/mol. The Balaban J connectivity index is 1.75. The van der Waals surface area contributed by atoms with Gasteiger partial charge in [0.15, 0.2) is 0 Å². The first-order chi connectivity index (χ1) is 12.1. The van der Waals surface area contributed by atoms with Gasteiger partial charge in [0.1, 0.15) is 5.82 Å². The third-order valence-corrected chi connectivity index (χ3v) is 4.47. The van der Waals surface area contributed by atoms with Gasteiger partial charge in [0.25, 0.3) is 0 Å². The van der Waals surface area contributed by atoms with Crippen molar-refractivity contribution in [1.29, 1.82) is 0 Å². The summed E-state index contributed by atoms with van der Waals surface area (Å²) in [5.41, 5.74) is 2.25. The van der Waals surface area contributed by atoms with Crippen LogP contribution in [0.5, 0.6) is 0 Å². The lowest BCUT2D eigenvalue weighted by Crippen LogP contribution is -2.31. The predicted octanol–water partition coefficient (Wildman–Crippen LogP) is 3.79. The van der Waals surface area contributed by atoms with Crippen LogP contribution in [-0.4, -0.2) is 35.3 Å². The van der Waals surface area contributed by atoms with Gasteiger partial charge in [0.2, 0.25) is 5.95 Å². The number of hydrogen-bond donors (Lipinski definition) is 1. The summed E-state index contributed by atoms with van der Waals surface area (Å²) in [7, 11) is 0. The largest absolute Gasteiger partial charge is 0.376 e.